The standard InChI is InChI=1S/C9H10NO2.3CH3.Sn/c1-2-5-10-8(4-1)9-11-6-3-7-12-9;;;;/h1-2,4,9H,3,6-7H2;3*1H3;. The molecule has 16 heavy (non-hydrogen) atoms. The van der Waals surface area contributed by atoms with Crippen LogP contribution in [0.15, 0.2) is 18.2 Å². The van der Waals surface area contributed by atoms with Crippen LogP contribution in [-0.4, -0.2) is 36.6 Å². The van der Waals surface area contributed by atoms with Crippen molar-refractivity contribution in [3.63, 3.8) is 0 Å². The molecule has 0 unspecified atom stereocenters. The van der Waals surface area contributed by atoms with Gasteiger partial charge in [-0.2, -0.15) is 0 Å². The molecule has 0 saturated carbocycles. The van der Waals surface area contributed by atoms with E-state index in [2.05, 4.69) is 27.0 Å². The van der Waals surface area contributed by atoms with Gasteiger partial charge in [0.1, 0.15) is 0 Å². The number of ether oxygens (including phenoxy) is 2. The van der Waals surface area contributed by atoms with Gasteiger partial charge in [-0.15, -0.1) is 0 Å². The van der Waals surface area contributed by atoms with Gasteiger partial charge in [0.25, 0.3) is 0 Å². The Morgan fingerprint density at radius 2 is 1.88 bits per heavy atom. The molecule has 1 aliphatic heterocycles. The Morgan fingerprint density at radius 3 is 2.50 bits per heavy atom. The fourth-order valence-corrected chi connectivity index (χ4v) is 4.69. The first-order valence-electron chi connectivity index (χ1n) is 5.78. The topological polar surface area (TPSA) is 31.4 Å². The van der Waals surface area contributed by atoms with Crippen molar-refractivity contribution < 1.29 is 9.47 Å². The van der Waals surface area contributed by atoms with Crippen molar-refractivity contribution >= 4 is 22.1 Å². The Labute approximate surface area is 101 Å². The molecular weight excluding hydrogens is 309 g/mol. The maximum atomic E-state index is 5.57. The predicted octanol–water partition coefficient (Wildman–Crippen LogP) is 2.06. The molecule has 1 saturated heterocycles. The summed E-state index contributed by atoms with van der Waals surface area (Å²) >= 11 is -2.07. The van der Waals surface area contributed by atoms with Gasteiger partial charge in [-0.3, -0.25) is 0 Å². The van der Waals surface area contributed by atoms with E-state index in [1.807, 2.05) is 6.07 Å². The Balaban J connectivity index is 2.21. The average molecular weight is 328 g/mol. The second-order valence-corrected chi connectivity index (χ2v) is 19.4. The summed E-state index contributed by atoms with van der Waals surface area (Å²) in [6.07, 6.45) is 0.733. The van der Waals surface area contributed by atoms with Crippen LogP contribution in [0, 0.1) is 0 Å². The van der Waals surface area contributed by atoms with Crippen LogP contribution in [0.3, 0.4) is 0 Å². The van der Waals surface area contributed by atoms with Gasteiger partial charge in [-0.1, -0.05) is 0 Å². The molecule has 2 rings (SSSR count). The zero-order chi connectivity index (χ0) is 11.6. The molecule has 3 nitrogen and oxygen atoms in total. The Bertz CT molecular complexity index is 356. The first kappa shape index (κ1) is 12.3. The summed E-state index contributed by atoms with van der Waals surface area (Å²) in [4.78, 5) is 11.8. The second-order valence-electron chi connectivity index (χ2n) is 5.12. The van der Waals surface area contributed by atoms with Crippen molar-refractivity contribution in [3.8, 4) is 0 Å². The minimum atomic E-state index is -2.07. The molecule has 1 aromatic rings. The molecule has 4 heteroatoms. The first-order valence-corrected chi connectivity index (χ1v) is 15.8. The number of aromatic nitrogens is 1. The molecule has 0 atom stereocenters. The SMILES string of the molecule is [CH3][Sn]([CH3])([CH3])[c]1cccc(C2OCCCO2)n1. The van der Waals surface area contributed by atoms with E-state index in [-0.39, 0.29) is 6.29 Å². The average Bonchev–Trinajstić information content (AvgIpc) is 2.29. The minimum absolute atomic E-state index is 0.248. The van der Waals surface area contributed by atoms with Gasteiger partial charge in [0.05, 0.1) is 0 Å². The summed E-state index contributed by atoms with van der Waals surface area (Å²) in [5, 5.41) is 0. The van der Waals surface area contributed by atoms with Gasteiger partial charge in [0, 0.05) is 0 Å². The Morgan fingerprint density at radius 1 is 1.19 bits per heavy atom. The molecule has 0 aliphatic carbocycles. The van der Waals surface area contributed by atoms with Crippen LogP contribution < -0.4 is 3.71 Å². The van der Waals surface area contributed by atoms with E-state index in [0.29, 0.717) is 0 Å². The molecular formula is C12H19NO2Sn. The van der Waals surface area contributed by atoms with E-state index >= 15 is 0 Å². The summed E-state index contributed by atoms with van der Waals surface area (Å²) in [6.45, 7) is 1.55. The number of hydrogen-bond acceptors (Lipinski definition) is 3. The molecule has 1 fully saturated rings. The number of hydrogen-bond donors (Lipinski definition) is 0. The molecule has 0 amide bonds. The Hall–Kier alpha value is -0.131. The normalized spacial score (nSPS) is 18.7. The number of pyridine rings is 1. The second kappa shape index (κ2) is 5.02. The monoisotopic (exact) mass is 329 g/mol. The van der Waals surface area contributed by atoms with Crippen LogP contribution in [0.1, 0.15) is 18.4 Å². The first-order chi connectivity index (χ1) is 7.57. The van der Waals surface area contributed by atoms with Crippen LogP contribution in [0.2, 0.25) is 14.8 Å². The summed E-state index contributed by atoms with van der Waals surface area (Å²) in [6, 6.07) is 6.21. The third-order valence-electron chi connectivity index (χ3n) is 2.61. The van der Waals surface area contributed by atoms with E-state index in [0.717, 1.165) is 25.3 Å². The summed E-state index contributed by atoms with van der Waals surface area (Å²) in [5.41, 5.74) is 0.934. The van der Waals surface area contributed by atoms with Gasteiger partial charge in [-0.25, -0.2) is 0 Å². The molecule has 0 aromatic carbocycles. The van der Waals surface area contributed by atoms with Crippen molar-refractivity contribution in [2.75, 3.05) is 13.2 Å². The van der Waals surface area contributed by atoms with Gasteiger partial charge in [0.2, 0.25) is 0 Å². The van der Waals surface area contributed by atoms with E-state index in [1.54, 1.807) is 0 Å². The zero-order valence-electron chi connectivity index (χ0n) is 10.2. The fraction of sp³-hybridized carbons (Fsp3) is 0.583. The molecule has 88 valence electrons. The van der Waals surface area contributed by atoms with E-state index in [9.17, 15) is 0 Å². The van der Waals surface area contributed by atoms with Gasteiger partial charge >= 0.3 is 101 Å². The van der Waals surface area contributed by atoms with Gasteiger partial charge in [0.15, 0.2) is 0 Å². The van der Waals surface area contributed by atoms with Crippen molar-refractivity contribution in [2.24, 2.45) is 0 Å². The van der Waals surface area contributed by atoms with Gasteiger partial charge in [-0.05, 0) is 0 Å². The predicted molar refractivity (Wildman–Crippen MR) is 66.5 cm³/mol. The summed E-state index contributed by atoms with van der Waals surface area (Å²) < 4.78 is 12.4. The van der Waals surface area contributed by atoms with Crippen molar-refractivity contribution in [1.29, 1.82) is 0 Å². The van der Waals surface area contributed by atoms with Gasteiger partial charge < -0.3 is 0 Å². The third-order valence-corrected chi connectivity index (χ3v) is 7.79. The number of rotatable bonds is 2. The summed E-state index contributed by atoms with van der Waals surface area (Å²) in [5.74, 6) is 0. The van der Waals surface area contributed by atoms with Crippen LogP contribution in [-0.2, 0) is 9.47 Å². The molecule has 1 aromatic heterocycles. The quantitative estimate of drug-likeness (QED) is 0.779. The van der Waals surface area contributed by atoms with Crippen molar-refractivity contribution in [2.45, 2.75) is 27.5 Å². The van der Waals surface area contributed by atoms with E-state index < -0.39 is 18.4 Å². The van der Waals surface area contributed by atoms with Crippen LogP contribution in [0.5, 0.6) is 0 Å². The molecule has 0 radical (unpaired) electrons. The molecule has 1 aliphatic rings. The fourth-order valence-electron chi connectivity index (χ4n) is 1.66. The van der Waals surface area contributed by atoms with E-state index in [4.69, 9.17) is 14.5 Å². The molecule has 0 bridgehead atoms. The number of nitrogens with zero attached hydrogens (tertiary/aromatic N) is 1. The van der Waals surface area contributed by atoms with Crippen molar-refractivity contribution in [1.82, 2.24) is 4.98 Å². The molecule has 0 N–H and O–H groups in total. The maximum absolute atomic E-state index is 5.57. The van der Waals surface area contributed by atoms with Crippen LogP contribution >= 0.6 is 0 Å². The molecule has 2 heterocycles. The van der Waals surface area contributed by atoms with Crippen LogP contribution in [0.4, 0.5) is 0 Å². The van der Waals surface area contributed by atoms with Crippen molar-refractivity contribution in [3.05, 3.63) is 23.9 Å². The summed E-state index contributed by atoms with van der Waals surface area (Å²) in [7, 11) is 0. The molecule has 0 spiro atoms. The zero-order valence-corrected chi connectivity index (χ0v) is 13.0. The van der Waals surface area contributed by atoms with E-state index in [1.165, 1.54) is 3.71 Å². The Kier molecular flexibility index (Phi) is 3.87. The van der Waals surface area contributed by atoms with Crippen LogP contribution in [0.25, 0.3) is 0 Å². The third kappa shape index (κ3) is 2.96.